The third-order valence-electron chi connectivity index (χ3n) is 3.49. The highest BCUT2D eigenvalue weighted by Crippen LogP contribution is 2.31. The molecule has 0 fully saturated rings. The van der Waals surface area contributed by atoms with E-state index >= 15 is 0 Å². The summed E-state index contributed by atoms with van der Waals surface area (Å²) in [5.74, 6) is 1.56. The Morgan fingerprint density at radius 3 is 2.95 bits per heavy atom. The first-order valence-electron chi connectivity index (χ1n) is 6.79. The molecule has 0 aromatic carbocycles. The van der Waals surface area contributed by atoms with E-state index in [1.165, 1.54) is 17.8 Å². The molecular formula is C13H14Cl2N4OS. The van der Waals surface area contributed by atoms with E-state index in [4.69, 9.17) is 23.2 Å². The molecule has 0 saturated heterocycles. The minimum atomic E-state index is -0.242. The lowest BCUT2D eigenvalue weighted by Gasteiger charge is -2.07. The standard InChI is InChI=1S/C13H14Cl2N4OS/c14-9-6-8(12(15)21-9)13(20)16-7-11-18-17-10-4-2-1-3-5-19(10)11/h6H,1-5,7H2,(H,16,20). The molecule has 0 bridgehead atoms. The Labute approximate surface area is 136 Å². The molecule has 1 amide bonds. The topological polar surface area (TPSA) is 59.8 Å². The van der Waals surface area contributed by atoms with Gasteiger partial charge in [-0.05, 0) is 18.9 Å². The summed E-state index contributed by atoms with van der Waals surface area (Å²) in [6.45, 7) is 1.26. The number of carbonyl (C=O) groups is 1. The second-order valence-electron chi connectivity index (χ2n) is 4.92. The highest BCUT2D eigenvalue weighted by atomic mass is 35.5. The summed E-state index contributed by atoms with van der Waals surface area (Å²) in [6.07, 6.45) is 4.43. The SMILES string of the molecule is O=C(NCc1nnc2n1CCCCC2)c1cc(Cl)sc1Cl. The zero-order chi connectivity index (χ0) is 14.8. The van der Waals surface area contributed by atoms with Crippen LogP contribution in [0.5, 0.6) is 0 Å². The van der Waals surface area contributed by atoms with Crippen LogP contribution < -0.4 is 5.32 Å². The molecule has 0 unspecified atom stereocenters. The van der Waals surface area contributed by atoms with Crippen LogP contribution in [0.4, 0.5) is 0 Å². The van der Waals surface area contributed by atoms with Crippen LogP contribution in [0.1, 0.15) is 41.3 Å². The Hall–Kier alpha value is -1.11. The third kappa shape index (κ3) is 3.22. The minimum Gasteiger partial charge on any atom is -0.345 e. The molecule has 0 radical (unpaired) electrons. The van der Waals surface area contributed by atoms with Crippen LogP contribution in [0.2, 0.25) is 8.67 Å². The Morgan fingerprint density at radius 1 is 1.33 bits per heavy atom. The molecule has 8 heteroatoms. The van der Waals surface area contributed by atoms with Crippen molar-refractivity contribution in [2.75, 3.05) is 0 Å². The number of nitrogens with zero attached hydrogens (tertiary/aromatic N) is 3. The van der Waals surface area contributed by atoms with Gasteiger partial charge >= 0.3 is 0 Å². The van der Waals surface area contributed by atoms with Gasteiger partial charge in [-0.2, -0.15) is 0 Å². The van der Waals surface area contributed by atoms with Gasteiger partial charge in [0.05, 0.1) is 16.4 Å². The molecule has 5 nitrogen and oxygen atoms in total. The highest BCUT2D eigenvalue weighted by Gasteiger charge is 2.17. The first-order valence-corrected chi connectivity index (χ1v) is 8.36. The summed E-state index contributed by atoms with van der Waals surface area (Å²) in [5.41, 5.74) is 0.405. The molecule has 3 heterocycles. The van der Waals surface area contributed by atoms with Crippen LogP contribution in [-0.2, 0) is 19.5 Å². The minimum absolute atomic E-state index is 0.242. The second-order valence-corrected chi connectivity index (χ2v) is 7.20. The molecule has 21 heavy (non-hydrogen) atoms. The summed E-state index contributed by atoms with van der Waals surface area (Å²) in [7, 11) is 0. The molecule has 1 aliphatic rings. The monoisotopic (exact) mass is 344 g/mol. The number of aromatic nitrogens is 3. The average molecular weight is 345 g/mol. The van der Waals surface area contributed by atoms with Crippen molar-refractivity contribution in [2.24, 2.45) is 0 Å². The lowest BCUT2D eigenvalue weighted by molar-refractivity contribution is 0.0950. The highest BCUT2D eigenvalue weighted by molar-refractivity contribution is 7.20. The van der Waals surface area contributed by atoms with E-state index in [1.54, 1.807) is 6.07 Å². The van der Waals surface area contributed by atoms with E-state index in [0.717, 1.165) is 37.5 Å². The molecule has 0 spiro atoms. The van der Waals surface area contributed by atoms with E-state index in [1.807, 2.05) is 0 Å². The van der Waals surface area contributed by atoms with Crippen molar-refractivity contribution in [2.45, 2.75) is 38.8 Å². The van der Waals surface area contributed by atoms with Crippen LogP contribution in [-0.4, -0.2) is 20.7 Å². The number of amides is 1. The van der Waals surface area contributed by atoms with Gasteiger partial charge in [-0.3, -0.25) is 4.79 Å². The molecular weight excluding hydrogens is 331 g/mol. The second kappa shape index (κ2) is 6.34. The first-order chi connectivity index (χ1) is 10.1. The fourth-order valence-electron chi connectivity index (χ4n) is 2.43. The summed E-state index contributed by atoms with van der Waals surface area (Å²) in [4.78, 5) is 12.1. The lowest BCUT2D eigenvalue weighted by atomic mass is 10.2. The Bertz CT molecular complexity index is 667. The van der Waals surface area contributed by atoms with Gasteiger partial charge in [0.15, 0.2) is 5.82 Å². The maximum atomic E-state index is 12.1. The van der Waals surface area contributed by atoms with E-state index in [0.29, 0.717) is 20.8 Å². The summed E-state index contributed by atoms with van der Waals surface area (Å²) >= 11 is 13.0. The van der Waals surface area contributed by atoms with Crippen molar-refractivity contribution in [1.29, 1.82) is 0 Å². The van der Waals surface area contributed by atoms with Gasteiger partial charge in [0, 0.05) is 13.0 Å². The molecule has 0 saturated carbocycles. The smallest absolute Gasteiger partial charge is 0.254 e. The van der Waals surface area contributed by atoms with Gasteiger partial charge < -0.3 is 9.88 Å². The van der Waals surface area contributed by atoms with E-state index in [-0.39, 0.29) is 5.91 Å². The lowest BCUT2D eigenvalue weighted by Crippen LogP contribution is -2.24. The van der Waals surface area contributed by atoms with Gasteiger partial charge in [0.1, 0.15) is 10.2 Å². The number of hydrogen-bond acceptors (Lipinski definition) is 4. The van der Waals surface area contributed by atoms with Crippen molar-refractivity contribution in [3.8, 4) is 0 Å². The van der Waals surface area contributed by atoms with Crippen molar-refractivity contribution in [1.82, 2.24) is 20.1 Å². The quantitative estimate of drug-likeness (QED) is 0.929. The molecule has 1 N–H and O–H groups in total. The van der Waals surface area contributed by atoms with E-state index < -0.39 is 0 Å². The fourth-order valence-corrected chi connectivity index (χ4v) is 3.88. The van der Waals surface area contributed by atoms with Crippen molar-refractivity contribution in [3.05, 3.63) is 32.0 Å². The number of hydrogen-bond donors (Lipinski definition) is 1. The molecule has 0 aliphatic carbocycles. The van der Waals surface area contributed by atoms with E-state index in [2.05, 4.69) is 20.1 Å². The molecule has 3 rings (SSSR count). The fraction of sp³-hybridized carbons (Fsp3) is 0.462. The number of thiophene rings is 1. The summed E-state index contributed by atoms with van der Waals surface area (Å²) < 4.78 is 3.01. The van der Waals surface area contributed by atoms with E-state index in [9.17, 15) is 4.79 Å². The van der Waals surface area contributed by atoms with Crippen molar-refractivity contribution in [3.63, 3.8) is 0 Å². The van der Waals surface area contributed by atoms with Gasteiger partial charge in [-0.1, -0.05) is 29.6 Å². The number of halogens is 2. The maximum absolute atomic E-state index is 12.1. The Kier molecular flexibility index (Phi) is 4.47. The maximum Gasteiger partial charge on any atom is 0.254 e. The van der Waals surface area contributed by atoms with Crippen molar-refractivity contribution >= 4 is 40.4 Å². The predicted octanol–water partition coefficient (Wildman–Crippen LogP) is 3.30. The molecule has 1 aliphatic heterocycles. The van der Waals surface area contributed by atoms with Gasteiger partial charge in [-0.25, -0.2) is 0 Å². The van der Waals surface area contributed by atoms with Crippen LogP contribution in [0.3, 0.4) is 0 Å². The zero-order valence-corrected chi connectivity index (χ0v) is 13.6. The van der Waals surface area contributed by atoms with Gasteiger partial charge in [0.25, 0.3) is 5.91 Å². The summed E-state index contributed by atoms with van der Waals surface area (Å²) in [6, 6.07) is 1.58. The number of nitrogens with one attached hydrogen (secondary N) is 1. The Morgan fingerprint density at radius 2 is 2.19 bits per heavy atom. The van der Waals surface area contributed by atoms with Crippen LogP contribution in [0, 0.1) is 0 Å². The average Bonchev–Trinajstić information content (AvgIpc) is 2.90. The molecule has 112 valence electrons. The normalized spacial score (nSPS) is 14.6. The number of aryl methyl sites for hydroxylation is 1. The Balaban J connectivity index is 1.69. The predicted molar refractivity (Wildman–Crippen MR) is 83.1 cm³/mol. The van der Waals surface area contributed by atoms with Crippen LogP contribution >= 0.6 is 34.5 Å². The molecule has 2 aromatic rings. The summed E-state index contributed by atoms with van der Waals surface area (Å²) in [5, 5.41) is 11.2. The first kappa shape index (κ1) is 14.8. The van der Waals surface area contributed by atoms with Crippen molar-refractivity contribution < 1.29 is 4.79 Å². The number of carbonyl (C=O) groups excluding carboxylic acids is 1. The molecule has 2 aromatic heterocycles. The molecule has 0 atom stereocenters. The van der Waals surface area contributed by atoms with Crippen LogP contribution in [0.15, 0.2) is 6.07 Å². The van der Waals surface area contributed by atoms with Crippen LogP contribution in [0.25, 0.3) is 0 Å². The van der Waals surface area contributed by atoms with Gasteiger partial charge in [-0.15, -0.1) is 21.5 Å². The zero-order valence-electron chi connectivity index (χ0n) is 11.2. The largest absolute Gasteiger partial charge is 0.345 e. The number of rotatable bonds is 3. The number of fused-ring (bicyclic) bond motifs is 1. The van der Waals surface area contributed by atoms with Gasteiger partial charge in [0.2, 0.25) is 0 Å². The third-order valence-corrected chi connectivity index (χ3v) is 4.98.